The molecular formula is C8H12O4. The Morgan fingerprint density at radius 3 is 2.58 bits per heavy atom. The van der Waals surface area contributed by atoms with Crippen molar-refractivity contribution in [1.29, 1.82) is 0 Å². The largest absolute Gasteiger partial charge is 0.462 e. The van der Waals surface area contributed by atoms with Crippen molar-refractivity contribution in [2.45, 2.75) is 26.9 Å². The number of hydrogen-bond donors (Lipinski definition) is 0. The van der Waals surface area contributed by atoms with Crippen LogP contribution >= 0.6 is 0 Å². The fraction of sp³-hybridized carbons (Fsp3) is 0.750. The number of carbonyl (C=O) groups is 2. The summed E-state index contributed by atoms with van der Waals surface area (Å²) < 4.78 is 9.59. The van der Waals surface area contributed by atoms with Gasteiger partial charge < -0.3 is 9.47 Å². The number of hydrogen-bond acceptors (Lipinski definition) is 4. The van der Waals surface area contributed by atoms with Gasteiger partial charge in [0, 0.05) is 12.3 Å². The Balaban J connectivity index is 2.71. The van der Waals surface area contributed by atoms with Crippen LogP contribution in [0.5, 0.6) is 0 Å². The molecule has 1 saturated heterocycles. The van der Waals surface area contributed by atoms with Crippen LogP contribution in [0.15, 0.2) is 0 Å². The fourth-order valence-electron chi connectivity index (χ4n) is 1.10. The normalized spacial score (nSPS) is 26.6. The molecule has 0 bridgehead atoms. The van der Waals surface area contributed by atoms with Gasteiger partial charge in [-0.15, -0.1) is 0 Å². The molecule has 0 aliphatic carbocycles. The number of rotatable bonds is 1. The van der Waals surface area contributed by atoms with E-state index in [1.165, 1.54) is 6.92 Å². The molecular weight excluding hydrogens is 160 g/mol. The zero-order valence-electron chi connectivity index (χ0n) is 7.42. The molecule has 0 aromatic heterocycles. The minimum Gasteiger partial charge on any atom is -0.462 e. The van der Waals surface area contributed by atoms with Crippen LogP contribution in [-0.4, -0.2) is 24.6 Å². The molecule has 0 unspecified atom stereocenters. The highest BCUT2D eigenvalue weighted by Gasteiger charge is 2.46. The zero-order valence-corrected chi connectivity index (χ0v) is 7.42. The Hall–Kier alpha value is -1.06. The molecule has 0 radical (unpaired) electrons. The first-order valence-electron chi connectivity index (χ1n) is 3.77. The molecule has 1 aliphatic rings. The monoisotopic (exact) mass is 172 g/mol. The summed E-state index contributed by atoms with van der Waals surface area (Å²) >= 11 is 0. The molecule has 1 rings (SSSR count). The average molecular weight is 172 g/mol. The third-order valence-electron chi connectivity index (χ3n) is 1.79. The third-order valence-corrected chi connectivity index (χ3v) is 1.79. The molecule has 4 nitrogen and oxygen atoms in total. The molecule has 1 aliphatic heterocycles. The SMILES string of the molecule is CC(=O)O[C@H]1C(=O)OCC1(C)C. The third kappa shape index (κ3) is 1.57. The van der Waals surface area contributed by atoms with Gasteiger partial charge in [-0.25, -0.2) is 4.79 Å². The van der Waals surface area contributed by atoms with Crippen molar-refractivity contribution in [1.82, 2.24) is 0 Å². The maximum absolute atomic E-state index is 11.0. The summed E-state index contributed by atoms with van der Waals surface area (Å²) in [6.07, 6.45) is -0.741. The van der Waals surface area contributed by atoms with E-state index in [0.29, 0.717) is 6.61 Å². The highest BCUT2D eigenvalue weighted by Crippen LogP contribution is 2.30. The number of carbonyl (C=O) groups excluding carboxylic acids is 2. The summed E-state index contributed by atoms with van der Waals surface area (Å²) in [5.74, 6) is -0.901. The predicted octanol–water partition coefficient (Wildman–Crippen LogP) is 0.501. The lowest BCUT2D eigenvalue weighted by atomic mass is 9.90. The van der Waals surface area contributed by atoms with Gasteiger partial charge >= 0.3 is 11.9 Å². The molecule has 0 N–H and O–H groups in total. The number of esters is 2. The van der Waals surface area contributed by atoms with Gasteiger partial charge in [-0.1, -0.05) is 13.8 Å². The van der Waals surface area contributed by atoms with Crippen LogP contribution < -0.4 is 0 Å². The first-order chi connectivity index (χ1) is 5.43. The van der Waals surface area contributed by atoms with Crippen LogP contribution in [0.4, 0.5) is 0 Å². The van der Waals surface area contributed by atoms with E-state index < -0.39 is 23.5 Å². The summed E-state index contributed by atoms with van der Waals surface area (Å²) in [6, 6.07) is 0. The average Bonchev–Trinajstić information content (AvgIpc) is 2.15. The van der Waals surface area contributed by atoms with Crippen LogP contribution in [-0.2, 0) is 19.1 Å². The topological polar surface area (TPSA) is 52.6 Å². The lowest BCUT2D eigenvalue weighted by molar-refractivity contribution is -0.161. The van der Waals surface area contributed by atoms with Gasteiger partial charge in [-0.3, -0.25) is 4.79 Å². The molecule has 0 amide bonds. The van der Waals surface area contributed by atoms with E-state index in [0.717, 1.165) is 0 Å². The molecule has 1 fully saturated rings. The van der Waals surface area contributed by atoms with E-state index in [1.807, 2.05) is 13.8 Å². The molecule has 12 heavy (non-hydrogen) atoms. The van der Waals surface area contributed by atoms with Gasteiger partial charge in [0.2, 0.25) is 6.10 Å². The minimum absolute atomic E-state index is 0.309. The van der Waals surface area contributed by atoms with Crippen LogP contribution in [0.1, 0.15) is 20.8 Å². The Bertz CT molecular complexity index is 219. The van der Waals surface area contributed by atoms with Crippen LogP contribution in [0.2, 0.25) is 0 Å². The van der Waals surface area contributed by atoms with Gasteiger partial charge in [-0.05, 0) is 0 Å². The van der Waals surface area contributed by atoms with E-state index in [9.17, 15) is 9.59 Å². The van der Waals surface area contributed by atoms with Crippen molar-refractivity contribution in [3.63, 3.8) is 0 Å². The second-order valence-electron chi connectivity index (χ2n) is 3.59. The Kier molecular flexibility index (Phi) is 2.08. The van der Waals surface area contributed by atoms with E-state index in [-0.39, 0.29) is 0 Å². The molecule has 68 valence electrons. The summed E-state index contributed by atoms with van der Waals surface area (Å²) in [4.78, 5) is 21.6. The molecule has 1 heterocycles. The fourth-order valence-corrected chi connectivity index (χ4v) is 1.10. The number of ether oxygens (including phenoxy) is 2. The van der Waals surface area contributed by atoms with Crippen LogP contribution in [0.3, 0.4) is 0 Å². The zero-order chi connectivity index (χ0) is 9.35. The van der Waals surface area contributed by atoms with Crippen molar-refractivity contribution < 1.29 is 19.1 Å². The van der Waals surface area contributed by atoms with Crippen molar-refractivity contribution >= 4 is 11.9 Å². The number of cyclic esters (lactones) is 1. The van der Waals surface area contributed by atoms with Gasteiger partial charge in [0.25, 0.3) is 0 Å². The predicted molar refractivity (Wildman–Crippen MR) is 40.3 cm³/mol. The molecule has 0 spiro atoms. The quantitative estimate of drug-likeness (QED) is 0.540. The first kappa shape index (κ1) is 9.03. The molecule has 0 saturated carbocycles. The molecule has 1 atom stereocenters. The van der Waals surface area contributed by atoms with Crippen molar-refractivity contribution in [2.75, 3.05) is 6.61 Å². The van der Waals surface area contributed by atoms with Gasteiger partial charge in [0.05, 0.1) is 0 Å². The van der Waals surface area contributed by atoms with Crippen molar-refractivity contribution in [3.05, 3.63) is 0 Å². The van der Waals surface area contributed by atoms with E-state index in [2.05, 4.69) is 0 Å². The van der Waals surface area contributed by atoms with E-state index in [1.54, 1.807) is 0 Å². The summed E-state index contributed by atoms with van der Waals surface area (Å²) in [7, 11) is 0. The Morgan fingerprint density at radius 2 is 2.25 bits per heavy atom. The smallest absolute Gasteiger partial charge is 0.348 e. The molecule has 4 heteroatoms. The summed E-state index contributed by atoms with van der Waals surface area (Å²) in [6.45, 7) is 5.24. The van der Waals surface area contributed by atoms with Gasteiger partial charge in [-0.2, -0.15) is 0 Å². The lowest BCUT2D eigenvalue weighted by Gasteiger charge is -2.20. The second-order valence-corrected chi connectivity index (χ2v) is 3.59. The maximum atomic E-state index is 11.0. The minimum atomic E-state index is -0.741. The van der Waals surface area contributed by atoms with Gasteiger partial charge in [0.15, 0.2) is 0 Å². The first-order valence-corrected chi connectivity index (χ1v) is 3.77. The maximum Gasteiger partial charge on any atom is 0.348 e. The van der Waals surface area contributed by atoms with E-state index in [4.69, 9.17) is 9.47 Å². The van der Waals surface area contributed by atoms with Crippen molar-refractivity contribution in [2.24, 2.45) is 5.41 Å². The second kappa shape index (κ2) is 2.77. The van der Waals surface area contributed by atoms with E-state index >= 15 is 0 Å². The lowest BCUT2D eigenvalue weighted by Crippen LogP contribution is -2.34. The van der Waals surface area contributed by atoms with Gasteiger partial charge in [0.1, 0.15) is 6.61 Å². The highest BCUT2D eigenvalue weighted by molar-refractivity contribution is 5.81. The Morgan fingerprint density at radius 1 is 1.67 bits per heavy atom. The standard InChI is InChI=1S/C8H12O4/c1-5(9)12-6-7(10)11-4-8(6,2)3/h6H,4H2,1-3H3/t6-/m0/s1. The summed E-state index contributed by atoms with van der Waals surface area (Å²) in [5.41, 5.74) is -0.400. The molecule has 0 aromatic rings. The van der Waals surface area contributed by atoms with Crippen LogP contribution in [0.25, 0.3) is 0 Å². The van der Waals surface area contributed by atoms with Crippen molar-refractivity contribution in [3.8, 4) is 0 Å². The highest BCUT2D eigenvalue weighted by atomic mass is 16.6. The molecule has 0 aromatic carbocycles. The Labute approximate surface area is 70.8 Å². The van der Waals surface area contributed by atoms with Crippen LogP contribution in [0, 0.1) is 5.41 Å². The summed E-state index contributed by atoms with van der Waals surface area (Å²) in [5, 5.41) is 0.